The molecule has 2 aromatic carbocycles. The zero-order valence-electron chi connectivity index (χ0n) is 13.1. The highest BCUT2D eigenvalue weighted by Crippen LogP contribution is 2.23. The van der Waals surface area contributed by atoms with E-state index in [1.807, 2.05) is 31.2 Å². The fourth-order valence-corrected chi connectivity index (χ4v) is 2.26. The van der Waals surface area contributed by atoms with Crippen molar-refractivity contribution in [2.75, 3.05) is 5.32 Å². The second-order valence-electron chi connectivity index (χ2n) is 5.32. The van der Waals surface area contributed by atoms with Gasteiger partial charge in [0.2, 0.25) is 5.91 Å². The number of halogens is 2. The zero-order chi connectivity index (χ0) is 17.5. The lowest BCUT2D eigenvalue weighted by Gasteiger charge is -2.07. The first kappa shape index (κ1) is 18.3. The Balaban J connectivity index is 1.73. The summed E-state index contributed by atoms with van der Waals surface area (Å²) < 4.78 is 5.12. The van der Waals surface area contributed by atoms with E-state index in [1.54, 1.807) is 18.2 Å². The second-order valence-corrected chi connectivity index (χ2v) is 6.14. The second kappa shape index (κ2) is 8.71. The monoisotopic (exact) mass is 365 g/mol. The van der Waals surface area contributed by atoms with Gasteiger partial charge in [0.1, 0.15) is 6.61 Å². The van der Waals surface area contributed by atoms with E-state index in [-0.39, 0.29) is 25.4 Å². The number of amides is 1. The number of nitrogens with one attached hydrogen (secondary N) is 1. The minimum atomic E-state index is -0.444. The molecule has 1 amide bonds. The molecule has 0 bridgehead atoms. The molecule has 0 saturated heterocycles. The van der Waals surface area contributed by atoms with E-state index in [0.29, 0.717) is 15.7 Å². The molecule has 2 rings (SSSR count). The molecule has 0 aliphatic rings. The molecule has 0 aliphatic heterocycles. The van der Waals surface area contributed by atoms with Gasteiger partial charge in [-0.25, -0.2) is 0 Å². The van der Waals surface area contributed by atoms with Crippen LogP contribution in [0, 0.1) is 6.92 Å². The number of anilines is 1. The summed E-state index contributed by atoms with van der Waals surface area (Å²) in [6, 6.07) is 12.4. The maximum absolute atomic E-state index is 11.8. The van der Waals surface area contributed by atoms with Gasteiger partial charge in [-0.3, -0.25) is 9.59 Å². The van der Waals surface area contributed by atoms with Gasteiger partial charge >= 0.3 is 5.97 Å². The standard InChI is InChI=1S/C18H17Cl2NO3/c1-12-2-5-14(6-3-12)21-17(22)8-9-18(23)24-11-13-4-7-15(19)16(20)10-13/h2-7,10H,8-9,11H2,1H3,(H,21,22). The summed E-state index contributed by atoms with van der Waals surface area (Å²) in [5.74, 6) is -0.675. The molecule has 0 heterocycles. The number of aryl methyl sites for hydroxylation is 1. The van der Waals surface area contributed by atoms with Crippen LogP contribution in [0.25, 0.3) is 0 Å². The van der Waals surface area contributed by atoms with Crippen molar-refractivity contribution in [1.82, 2.24) is 0 Å². The molecular weight excluding hydrogens is 349 g/mol. The Kier molecular flexibility index (Phi) is 6.64. The maximum Gasteiger partial charge on any atom is 0.306 e. The van der Waals surface area contributed by atoms with Crippen LogP contribution in [-0.4, -0.2) is 11.9 Å². The molecule has 1 N–H and O–H groups in total. The van der Waals surface area contributed by atoms with Crippen molar-refractivity contribution in [3.63, 3.8) is 0 Å². The molecule has 126 valence electrons. The summed E-state index contributed by atoms with van der Waals surface area (Å²) in [6.45, 7) is 2.06. The Bertz CT molecular complexity index is 730. The third-order valence-corrected chi connectivity index (χ3v) is 4.01. The number of ether oxygens (including phenoxy) is 1. The molecule has 6 heteroatoms. The van der Waals surface area contributed by atoms with Crippen LogP contribution in [0.5, 0.6) is 0 Å². The summed E-state index contributed by atoms with van der Waals surface area (Å²) in [5, 5.41) is 3.58. The van der Waals surface area contributed by atoms with Gasteiger partial charge in [-0.2, -0.15) is 0 Å². The third kappa shape index (κ3) is 5.87. The van der Waals surface area contributed by atoms with Gasteiger partial charge in [0.25, 0.3) is 0 Å². The highest BCUT2D eigenvalue weighted by Gasteiger charge is 2.09. The number of hydrogen-bond donors (Lipinski definition) is 1. The molecular formula is C18H17Cl2NO3. The van der Waals surface area contributed by atoms with Crippen LogP contribution in [0.4, 0.5) is 5.69 Å². The predicted molar refractivity (Wildman–Crippen MR) is 95.3 cm³/mol. The van der Waals surface area contributed by atoms with Crippen LogP contribution in [0.2, 0.25) is 10.0 Å². The summed E-state index contributed by atoms with van der Waals surface area (Å²) in [7, 11) is 0. The van der Waals surface area contributed by atoms with Gasteiger partial charge in [-0.05, 0) is 36.8 Å². The molecule has 0 unspecified atom stereocenters. The van der Waals surface area contributed by atoms with Crippen molar-refractivity contribution in [3.8, 4) is 0 Å². The number of benzene rings is 2. The van der Waals surface area contributed by atoms with Gasteiger partial charge in [0.15, 0.2) is 0 Å². The lowest BCUT2D eigenvalue weighted by molar-refractivity contribution is -0.145. The van der Waals surface area contributed by atoms with Crippen molar-refractivity contribution in [2.45, 2.75) is 26.4 Å². The number of hydrogen-bond acceptors (Lipinski definition) is 3. The van der Waals surface area contributed by atoms with E-state index in [9.17, 15) is 9.59 Å². The Hall–Kier alpha value is -2.04. The maximum atomic E-state index is 11.8. The van der Waals surface area contributed by atoms with Crippen LogP contribution in [-0.2, 0) is 20.9 Å². The van der Waals surface area contributed by atoms with Crippen LogP contribution in [0.1, 0.15) is 24.0 Å². The van der Waals surface area contributed by atoms with Crippen LogP contribution in [0.3, 0.4) is 0 Å². The average Bonchev–Trinajstić information content (AvgIpc) is 2.56. The first-order chi connectivity index (χ1) is 11.4. The Morgan fingerprint density at radius 2 is 1.71 bits per heavy atom. The number of esters is 1. The SMILES string of the molecule is Cc1ccc(NC(=O)CCC(=O)OCc2ccc(Cl)c(Cl)c2)cc1. The van der Waals surface area contributed by atoms with E-state index in [4.69, 9.17) is 27.9 Å². The van der Waals surface area contributed by atoms with Gasteiger partial charge in [0.05, 0.1) is 16.5 Å². The molecule has 0 fully saturated rings. The van der Waals surface area contributed by atoms with Crippen molar-refractivity contribution in [1.29, 1.82) is 0 Å². The summed E-state index contributed by atoms with van der Waals surface area (Å²) in [6.07, 6.45) is 0.0765. The molecule has 0 saturated carbocycles. The molecule has 0 atom stereocenters. The summed E-state index contributed by atoms with van der Waals surface area (Å²) in [5.41, 5.74) is 2.55. The van der Waals surface area contributed by atoms with Gasteiger partial charge in [-0.1, -0.05) is 47.0 Å². The minimum absolute atomic E-state index is 0.0129. The van der Waals surface area contributed by atoms with E-state index < -0.39 is 5.97 Å². The zero-order valence-corrected chi connectivity index (χ0v) is 14.7. The van der Waals surface area contributed by atoms with Crippen molar-refractivity contribution in [3.05, 3.63) is 63.6 Å². The fraction of sp³-hybridized carbons (Fsp3) is 0.222. The summed E-state index contributed by atoms with van der Waals surface area (Å²) in [4.78, 5) is 23.5. The first-order valence-corrected chi connectivity index (χ1v) is 8.16. The quantitative estimate of drug-likeness (QED) is 0.750. The third-order valence-electron chi connectivity index (χ3n) is 3.28. The molecule has 0 spiro atoms. The van der Waals surface area contributed by atoms with Crippen molar-refractivity contribution in [2.24, 2.45) is 0 Å². The van der Waals surface area contributed by atoms with Crippen LogP contribution in [0.15, 0.2) is 42.5 Å². The summed E-state index contributed by atoms with van der Waals surface area (Å²) >= 11 is 11.7. The molecule has 4 nitrogen and oxygen atoms in total. The molecule has 0 aromatic heterocycles. The minimum Gasteiger partial charge on any atom is -0.461 e. The predicted octanol–water partition coefficient (Wildman–Crippen LogP) is 4.76. The fourth-order valence-electron chi connectivity index (χ4n) is 1.94. The Labute approximate surface area is 150 Å². The van der Waals surface area contributed by atoms with Crippen molar-refractivity contribution < 1.29 is 14.3 Å². The topological polar surface area (TPSA) is 55.4 Å². The highest BCUT2D eigenvalue weighted by molar-refractivity contribution is 6.42. The van der Waals surface area contributed by atoms with E-state index >= 15 is 0 Å². The van der Waals surface area contributed by atoms with E-state index in [1.165, 1.54) is 0 Å². The largest absolute Gasteiger partial charge is 0.461 e. The smallest absolute Gasteiger partial charge is 0.306 e. The number of carbonyl (C=O) groups is 2. The van der Waals surface area contributed by atoms with Crippen LogP contribution < -0.4 is 5.32 Å². The number of rotatable bonds is 6. The normalized spacial score (nSPS) is 10.3. The van der Waals surface area contributed by atoms with Gasteiger partial charge in [-0.15, -0.1) is 0 Å². The first-order valence-electron chi connectivity index (χ1n) is 7.40. The van der Waals surface area contributed by atoms with E-state index in [2.05, 4.69) is 5.32 Å². The van der Waals surface area contributed by atoms with E-state index in [0.717, 1.165) is 11.1 Å². The molecule has 0 aliphatic carbocycles. The van der Waals surface area contributed by atoms with Crippen molar-refractivity contribution >= 4 is 40.8 Å². The Morgan fingerprint density at radius 1 is 1.00 bits per heavy atom. The lowest BCUT2D eigenvalue weighted by atomic mass is 10.2. The van der Waals surface area contributed by atoms with Crippen LogP contribution >= 0.6 is 23.2 Å². The number of carbonyl (C=O) groups excluding carboxylic acids is 2. The average molecular weight is 366 g/mol. The molecule has 2 aromatic rings. The highest BCUT2D eigenvalue weighted by atomic mass is 35.5. The lowest BCUT2D eigenvalue weighted by Crippen LogP contribution is -2.14. The van der Waals surface area contributed by atoms with Gasteiger partial charge < -0.3 is 10.1 Å². The van der Waals surface area contributed by atoms with Gasteiger partial charge in [0, 0.05) is 12.1 Å². The Morgan fingerprint density at radius 3 is 2.38 bits per heavy atom. The molecule has 0 radical (unpaired) electrons. The molecule has 24 heavy (non-hydrogen) atoms.